The molecule has 21 heavy (non-hydrogen) atoms. The molecule has 0 amide bonds. The number of hydrogen-bond donors (Lipinski definition) is 1. The highest BCUT2D eigenvalue weighted by atomic mass is 19.4. The van der Waals surface area contributed by atoms with Gasteiger partial charge in [-0.1, -0.05) is 60.7 Å². The molecular weight excluding hydrogens is 285 g/mol. The van der Waals surface area contributed by atoms with Crippen molar-refractivity contribution in [1.82, 2.24) is 0 Å². The van der Waals surface area contributed by atoms with Gasteiger partial charge < -0.3 is 9.84 Å². The van der Waals surface area contributed by atoms with E-state index in [1.54, 1.807) is 12.1 Å². The molecule has 0 heterocycles. The van der Waals surface area contributed by atoms with Crippen LogP contribution in [0.25, 0.3) is 0 Å². The number of benzene rings is 2. The van der Waals surface area contributed by atoms with Crippen LogP contribution < -0.4 is 0 Å². The van der Waals surface area contributed by atoms with E-state index in [9.17, 15) is 23.1 Å². The largest absolute Gasteiger partial charge is 0.491 e. The van der Waals surface area contributed by atoms with Gasteiger partial charge in [-0.3, -0.25) is 0 Å². The van der Waals surface area contributed by atoms with Crippen LogP contribution in [0, 0.1) is 0 Å². The van der Waals surface area contributed by atoms with Gasteiger partial charge in [-0.15, -0.1) is 0 Å². The number of aliphatic hydroxyl groups is 1. The van der Waals surface area contributed by atoms with Crippen LogP contribution in [0.4, 0.5) is 13.2 Å². The Labute approximate surface area is 118 Å². The number of rotatable bonds is 3. The Hall–Kier alpha value is -2.34. The normalized spacial score (nSPS) is 12.0. The van der Waals surface area contributed by atoms with Crippen LogP contribution in [-0.2, 0) is 15.3 Å². The minimum absolute atomic E-state index is 0.0220. The standard InChI is InChI=1S/C15H11F3O3/c16-15(17,18)13(19)21-14(20,11-7-3-1-4-8-11)12-9-5-2-6-10-12/h1-10,20H. The van der Waals surface area contributed by atoms with E-state index in [1.165, 1.54) is 48.5 Å². The summed E-state index contributed by atoms with van der Waals surface area (Å²) < 4.78 is 41.6. The summed E-state index contributed by atoms with van der Waals surface area (Å²) in [6.07, 6.45) is -5.20. The van der Waals surface area contributed by atoms with Crippen molar-refractivity contribution < 1.29 is 27.8 Å². The van der Waals surface area contributed by atoms with Gasteiger partial charge in [0.15, 0.2) is 0 Å². The quantitative estimate of drug-likeness (QED) is 0.699. The van der Waals surface area contributed by atoms with E-state index in [0.29, 0.717) is 0 Å². The summed E-state index contributed by atoms with van der Waals surface area (Å²) in [5.74, 6) is -4.97. The van der Waals surface area contributed by atoms with Crippen LogP contribution in [0.1, 0.15) is 11.1 Å². The van der Waals surface area contributed by atoms with Crippen molar-refractivity contribution in [3.8, 4) is 0 Å². The molecule has 0 radical (unpaired) electrons. The fraction of sp³-hybridized carbons (Fsp3) is 0.133. The topological polar surface area (TPSA) is 46.5 Å². The number of esters is 1. The summed E-state index contributed by atoms with van der Waals surface area (Å²) in [6, 6.07) is 14.8. The van der Waals surface area contributed by atoms with Crippen LogP contribution >= 0.6 is 0 Å². The fourth-order valence-electron chi connectivity index (χ4n) is 1.80. The molecule has 0 unspecified atom stereocenters. The molecule has 0 aliphatic carbocycles. The second-order valence-electron chi connectivity index (χ2n) is 4.26. The smallest absolute Gasteiger partial charge is 0.418 e. The molecule has 0 aliphatic rings. The fourth-order valence-corrected chi connectivity index (χ4v) is 1.80. The number of carbonyl (C=O) groups excluding carboxylic acids is 1. The molecule has 3 nitrogen and oxygen atoms in total. The lowest BCUT2D eigenvalue weighted by Gasteiger charge is -2.29. The maximum atomic E-state index is 12.4. The van der Waals surface area contributed by atoms with Gasteiger partial charge >= 0.3 is 12.1 Å². The Kier molecular flexibility index (Phi) is 3.99. The van der Waals surface area contributed by atoms with E-state index >= 15 is 0 Å². The maximum Gasteiger partial charge on any atom is 0.491 e. The van der Waals surface area contributed by atoms with E-state index in [4.69, 9.17) is 0 Å². The van der Waals surface area contributed by atoms with Gasteiger partial charge in [0.1, 0.15) is 0 Å². The monoisotopic (exact) mass is 296 g/mol. The number of alkyl halides is 3. The third-order valence-electron chi connectivity index (χ3n) is 2.80. The third-order valence-corrected chi connectivity index (χ3v) is 2.80. The highest BCUT2D eigenvalue weighted by Crippen LogP contribution is 2.33. The lowest BCUT2D eigenvalue weighted by Crippen LogP contribution is -2.38. The number of halogens is 3. The molecule has 2 aromatic rings. The molecule has 0 aromatic heterocycles. The molecule has 0 bridgehead atoms. The molecule has 2 aromatic carbocycles. The number of ether oxygens (including phenoxy) is 1. The van der Waals surface area contributed by atoms with E-state index in [0.717, 1.165) is 0 Å². The Balaban J connectivity index is 2.48. The van der Waals surface area contributed by atoms with E-state index in [-0.39, 0.29) is 11.1 Å². The van der Waals surface area contributed by atoms with Crippen LogP contribution in [0.15, 0.2) is 60.7 Å². The van der Waals surface area contributed by atoms with Gasteiger partial charge in [0.05, 0.1) is 0 Å². The molecule has 0 atom stereocenters. The van der Waals surface area contributed by atoms with Gasteiger partial charge in [0.25, 0.3) is 5.79 Å². The van der Waals surface area contributed by atoms with E-state index in [1.807, 2.05) is 0 Å². The van der Waals surface area contributed by atoms with Gasteiger partial charge in [-0.2, -0.15) is 13.2 Å². The molecule has 0 saturated carbocycles. The Bertz CT molecular complexity index is 570. The van der Waals surface area contributed by atoms with Gasteiger partial charge in [-0.25, -0.2) is 4.79 Å². The molecule has 0 fully saturated rings. The first-order valence-corrected chi connectivity index (χ1v) is 5.97. The Morgan fingerprint density at radius 3 is 1.57 bits per heavy atom. The Morgan fingerprint density at radius 1 is 0.857 bits per heavy atom. The molecule has 1 N–H and O–H groups in total. The highest BCUT2D eigenvalue weighted by molar-refractivity contribution is 5.76. The Morgan fingerprint density at radius 2 is 1.24 bits per heavy atom. The molecular formula is C15H11F3O3. The van der Waals surface area contributed by atoms with Crippen LogP contribution in [0.3, 0.4) is 0 Å². The van der Waals surface area contributed by atoms with Crippen molar-refractivity contribution >= 4 is 5.97 Å². The summed E-state index contributed by atoms with van der Waals surface area (Å²) in [5.41, 5.74) is 0.0441. The lowest BCUT2D eigenvalue weighted by molar-refractivity contribution is -0.240. The summed E-state index contributed by atoms with van der Waals surface area (Å²) in [5, 5.41) is 10.5. The summed E-state index contributed by atoms with van der Waals surface area (Å²) in [4.78, 5) is 11.1. The van der Waals surface area contributed by atoms with Crippen molar-refractivity contribution in [3.05, 3.63) is 71.8 Å². The number of hydrogen-bond acceptors (Lipinski definition) is 3. The van der Waals surface area contributed by atoms with Crippen molar-refractivity contribution in [2.75, 3.05) is 0 Å². The van der Waals surface area contributed by atoms with Crippen LogP contribution in [0.5, 0.6) is 0 Å². The average Bonchev–Trinajstić information content (AvgIpc) is 2.48. The minimum atomic E-state index is -5.20. The van der Waals surface area contributed by atoms with Crippen LogP contribution in [-0.4, -0.2) is 17.3 Å². The summed E-state index contributed by atoms with van der Waals surface area (Å²) in [6.45, 7) is 0. The second-order valence-corrected chi connectivity index (χ2v) is 4.26. The zero-order chi connectivity index (χ0) is 15.5. The first-order valence-electron chi connectivity index (χ1n) is 5.97. The second kappa shape index (κ2) is 5.57. The van der Waals surface area contributed by atoms with Gasteiger partial charge in [0, 0.05) is 11.1 Å². The van der Waals surface area contributed by atoms with Gasteiger partial charge in [0.2, 0.25) is 0 Å². The SMILES string of the molecule is O=C(OC(O)(c1ccccc1)c1ccccc1)C(F)(F)F. The van der Waals surface area contributed by atoms with Crippen molar-refractivity contribution in [2.45, 2.75) is 12.0 Å². The molecule has 0 saturated heterocycles. The highest BCUT2D eigenvalue weighted by Gasteiger charge is 2.47. The first-order chi connectivity index (χ1) is 9.84. The third kappa shape index (κ3) is 3.22. The van der Waals surface area contributed by atoms with E-state index < -0.39 is 17.9 Å². The lowest BCUT2D eigenvalue weighted by atomic mass is 9.97. The predicted octanol–water partition coefficient (Wildman–Crippen LogP) is 2.99. The number of carbonyl (C=O) groups is 1. The summed E-state index contributed by atoms with van der Waals surface area (Å²) >= 11 is 0. The van der Waals surface area contributed by atoms with Crippen molar-refractivity contribution in [1.29, 1.82) is 0 Å². The summed E-state index contributed by atoms with van der Waals surface area (Å²) in [7, 11) is 0. The predicted molar refractivity (Wildman–Crippen MR) is 68.0 cm³/mol. The van der Waals surface area contributed by atoms with Crippen LogP contribution in [0.2, 0.25) is 0 Å². The minimum Gasteiger partial charge on any atom is -0.418 e. The van der Waals surface area contributed by atoms with Crippen molar-refractivity contribution in [3.63, 3.8) is 0 Å². The zero-order valence-corrected chi connectivity index (χ0v) is 10.7. The maximum absolute atomic E-state index is 12.4. The molecule has 6 heteroatoms. The zero-order valence-electron chi connectivity index (χ0n) is 10.7. The average molecular weight is 296 g/mol. The molecule has 0 aliphatic heterocycles. The molecule has 0 spiro atoms. The van der Waals surface area contributed by atoms with Crippen molar-refractivity contribution in [2.24, 2.45) is 0 Å². The van der Waals surface area contributed by atoms with Gasteiger partial charge in [-0.05, 0) is 0 Å². The first kappa shape index (κ1) is 15.1. The van der Waals surface area contributed by atoms with E-state index in [2.05, 4.69) is 4.74 Å². The molecule has 110 valence electrons. The molecule has 2 rings (SSSR count).